The molecule has 0 radical (unpaired) electrons. The highest BCUT2D eigenvalue weighted by molar-refractivity contribution is 7.15. The molecule has 0 aliphatic heterocycles. The summed E-state index contributed by atoms with van der Waals surface area (Å²) in [4.78, 5) is 7.13. The summed E-state index contributed by atoms with van der Waals surface area (Å²) in [5.74, 6) is 0. The zero-order chi connectivity index (χ0) is 9.42. The molecular weight excluding hydrogens is 198 g/mol. The van der Waals surface area contributed by atoms with Crippen LogP contribution in [0.3, 0.4) is 0 Å². The van der Waals surface area contributed by atoms with Crippen LogP contribution in [0.2, 0.25) is 0 Å². The minimum atomic E-state index is 1.15. The third-order valence-corrected chi connectivity index (χ3v) is 4.12. The Bertz CT molecular complexity index is 412. The van der Waals surface area contributed by atoms with Gasteiger partial charge in [-0.1, -0.05) is 0 Å². The molecule has 1 nitrogen and oxygen atoms in total. The van der Waals surface area contributed by atoms with Crippen molar-refractivity contribution in [2.24, 2.45) is 0 Å². The summed E-state index contributed by atoms with van der Waals surface area (Å²) in [5, 5.41) is 3.18. The van der Waals surface area contributed by atoms with E-state index in [1.807, 2.05) is 22.9 Å². The van der Waals surface area contributed by atoms with E-state index < -0.39 is 0 Å². The molecular formula is C10H11NS2. The quantitative estimate of drug-likeness (QED) is 0.696. The predicted molar refractivity (Wildman–Crippen MR) is 59.6 cm³/mol. The highest BCUT2D eigenvalue weighted by atomic mass is 32.1. The van der Waals surface area contributed by atoms with Crippen LogP contribution in [0.25, 0.3) is 10.6 Å². The Morgan fingerprint density at radius 1 is 1.15 bits per heavy atom. The number of aryl methyl sites for hydroxylation is 2. The fourth-order valence-electron chi connectivity index (χ4n) is 1.46. The Morgan fingerprint density at radius 3 is 2.38 bits per heavy atom. The lowest BCUT2D eigenvalue weighted by Crippen LogP contribution is -1.79. The van der Waals surface area contributed by atoms with Gasteiger partial charge >= 0.3 is 0 Å². The number of hydrogen-bond acceptors (Lipinski definition) is 3. The molecule has 0 saturated carbocycles. The molecule has 3 heteroatoms. The lowest BCUT2D eigenvalue weighted by atomic mass is 10.1. The lowest BCUT2D eigenvalue weighted by Gasteiger charge is -1.96. The van der Waals surface area contributed by atoms with Gasteiger partial charge < -0.3 is 0 Å². The molecule has 0 atom stereocenters. The molecule has 2 aromatic heterocycles. The van der Waals surface area contributed by atoms with Crippen molar-refractivity contribution >= 4 is 22.7 Å². The van der Waals surface area contributed by atoms with Gasteiger partial charge in [0, 0.05) is 26.9 Å². The van der Waals surface area contributed by atoms with Gasteiger partial charge in [0.25, 0.3) is 0 Å². The fourth-order valence-corrected chi connectivity index (χ4v) is 3.38. The van der Waals surface area contributed by atoms with Crippen molar-refractivity contribution in [2.45, 2.75) is 20.8 Å². The first-order chi connectivity index (χ1) is 6.20. The highest BCUT2D eigenvalue weighted by Crippen LogP contribution is 2.35. The van der Waals surface area contributed by atoms with Crippen LogP contribution in [-0.2, 0) is 0 Å². The van der Waals surface area contributed by atoms with Crippen molar-refractivity contribution in [3.05, 3.63) is 26.9 Å². The molecule has 2 aromatic rings. The summed E-state index contributed by atoms with van der Waals surface area (Å²) in [6.45, 7) is 6.51. The maximum Gasteiger partial charge on any atom is 0.124 e. The van der Waals surface area contributed by atoms with E-state index in [2.05, 4.69) is 25.8 Å². The number of thiophene rings is 1. The Kier molecular flexibility index (Phi) is 2.22. The summed E-state index contributed by atoms with van der Waals surface area (Å²) in [6, 6.07) is 0. The minimum absolute atomic E-state index is 1.15. The van der Waals surface area contributed by atoms with Crippen LogP contribution < -0.4 is 0 Å². The van der Waals surface area contributed by atoms with Crippen molar-refractivity contribution in [3.8, 4) is 10.6 Å². The molecule has 0 aliphatic carbocycles. The van der Waals surface area contributed by atoms with Gasteiger partial charge in [0.05, 0.1) is 0 Å². The van der Waals surface area contributed by atoms with E-state index in [4.69, 9.17) is 0 Å². The van der Waals surface area contributed by atoms with Gasteiger partial charge in [0.15, 0.2) is 0 Å². The van der Waals surface area contributed by atoms with Crippen LogP contribution in [0.4, 0.5) is 0 Å². The van der Waals surface area contributed by atoms with Crippen LogP contribution in [0, 0.1) is 20.8 Å². The van der Waals surface area contributed by atoms with Crippen LogP contribution >= 0.6 is 22.7 Å². The topological polar surface area (TPSA) is 12.9 Å². The van der Waals surface area contributed by atoms with Gasteiger partial charge in [-0.05, 0) is 26.3 Å². The normalized spacial score (nSPS) is 10.7. The van der Waals surface area contributed by atoms with Gasteiger partial charge in [0.1, 0.15) is 5.01 Å². The van der Waals surface area contributed by atoms with E-state index in [1.165, 1.54) is 20.9 Å². The summed E-state index contributed by atoms with van der Waals surface area (Å²) in [6.07, 6.45) is 1.87. The molecule has 0 N–H and O–H groups in total. The predicted octanol–water partition coefficient (Wildman–Crippen LogP) is 3.80. The minimum Gasteiger partial charge on any atom is -0.244 e. The zero-order valence-corrected chi connectivity index (χ0v) is 9.55. The Morgan fingerprint density at radius 2 is 1.92 bits per heavy atom. The fraction of sp³-hybridized carbons (Fsp3) is 0.300. The summed E-state index contributed by atoms with van der Waals surface area (Å²) < 4.78 is 0. The first kappa shape index (κ1) is 8.91. The maximum atomic E-state index is 4.35. The van der Waals surface area contributed by atoms with Crippen molar-refractivity contribution in [1.82, 2.24) is 4.98 Å². The average Bonchev–Trinajstić information content (AvgIpc) is 2.63. The van der Waals surface area contributed by atoms with Gasteiger partial charge in [-0.3, -0.25) is 0 Å². The van der Waals surface area contributed by atoms with Crippen molar-refractivity contribution < 1.29 is 0 Å². The van der Waals surface area contributed by atoms with Crippen LogP contribution in [0.15, 0.2) is 11.6 Å². The molecule has 0 spiro atoms. The van der Waals surface area contributed by atoms with Crippen LogP contribution in [0.5, 0.6) is 0 Å². The standard InChI is InChI=1S/C10H11NS2/c1-6-7(2)13-8(3)9(6)10-11-4-5-12-10/h4-5H,1-3H3. The Hall–Kier alpha value is -0.670. The Labute approximate surface area is 86.1 Å². The van der Waals surface area contributed by atoms with Crippen molar-refractivity contribution in [1.29, 1.82) is 0 Å². The largest absolute Gasteiger partial charge is 0.244 e. The van der Waals surface area contributed by atoms with Crippen LogP contribution in [-0.4, -0.2) is 4.98 Å². The maximum absolute atomic E-state index is 4.35. The molecule has 0 amide bonds. The van der Waals surface area contributed by atoms with Crippen molar-refractivity contribution in [2.75, 3.05) is 0 Å². The average molecular weight is 209 g/mol. The molecule has 2 heterocycles. The molecule has 2 rings (SSSR count). The molecule has 68 valence electrons. The first-order valence-electron chi connectivity index (χ1n) is 4.16. The van der Waals surface area contributed by atoms with E-state index >= 15 is 0 Å². The number of aromatic nitrogens is 1. The van der Waals surface area contributed by atoms with E-state index in [0.717, 1.165) is 5.01 Å². The van der Waals surface area contributed by atoms with E-state index in [-0.39, 0.29) is 0 Å². The second-order valence-electron chi connectivity index (χ2n) is 3.05. The highest BCUT2D eigenvalue weighted by Gasteiger charge is 2.12. The second kappa shape index (κ2) is 3.24. The zero-order valence-electron chi connectivity index (χ0n) is 7.92. The van der Waals surface area contributed by atoms with Gasteiger partial charge in [-0.15, -0.1) is 22.7 Å². The molecule has 13 heavy (non-hydrogen) atoms. The van der Waals surface area contributed by atoms with E-state index in [9.17, 15) is 0 Å². The van der Waals surface area contributed by atoms with Crippen molar-refractivity contribution in [3.63, 3.8) is 0 Å². The molecule has 0 aliphatic rings. The second-order valence-corrected chi connectivity index (χ2v) is 5.38. The molecule has 0 unspecified atom stereocenters. The number of thiazole rings is 1. The van der Waals surface area contributed by atoms with Gasteiger partial charge in [0.2, 0.25) is 0 Å². The summed E-state index contributed by atoms with van der Waals surface area (Å²) in [5.41, 5.74) is 2.73. The monoisotopic (exact) mass is 209 g/mol. The summed E-state index contributed by atoms with van der Waals surface area (Å²) in [7, 11) is 0. The smallest absolute Gasteiger partial charge is 0.124 e. The third kappa shape index (κ3) is 1.42. The van der Waals surface area contributed by atoms with Crippen LogP contribution in [0.1, 0.15) is 15.3 Å². The molecule has 0 aromatic carbocycles. The van der Waals surface area contributed by atoms with Gasteiger partial charge in [-0.25, -0.2) is 4.98 Å². The van der Waals surface area contributed by atoms with Gasteiger partial charge in [-0.2, -0.15) is 0 Å². The Balaban J connectivity index is 2.64. The summed E-state index contributed by atoms with van der Waals surface area (Å²) >= 11 is 3.57. The third-order valence-electron chi connectivity index (χ3n) is 2.21. The van der Waals surface area contributed by atoms with E-state index in [1.54, 1.807) is 11.3 Å². The van der Waals surface area contributed by atoms with E-state index in [0.29, 0.717) is 0 Å². The molecule has 0 fully saturated rings. The number of hydrogen-bond donors (Lipinski definition) is 0. The molecule has 0 saturated heterocycles. The lowest BCUT2D eigenvalue weighted by molar-refractivity contribution is 1.36. The SMILES string of the molecule is Cc1sc(C)c(-c2nccs2)c1C. The number of rotatable bonds is 1. The first-order valence-corrected chi connectivity index (χ1v) is 5.86. The molecule has 0 bridgehead atoms. The number of nitrogens with zero attached hydrogens (tertiary/aromatic N) is 1.